The summed E-state index contributed by atoms with van der Waals surface area (Å²) in [6.45, 7) is 5.08. The maximum absolute atomic E-state index is 5.79. The lowest BCUT2D eigenvalue weighted by Gasteiger charge is -2.18. The minimum atomic E-state index is 0.0797. The number of hydrogen-bond donors (Lipinski definition) is 1. The zero-order valence-electron chi connectivity index (χ0n) is 11.0. The van der Waals surface area contributed by atoms with E-state index in [0.717, 1.165) is 33.4 Å². The molecule has 1 heterocycles. The molecule has 0 spiro atoms. The molecule has 1 N–H and O–H groups in total. The van der Waals surface area contributed by atoms with Gasteiger partial charge in [-0.3, -0.25) is 0 Å². The molecule has 2 aromatic rings. The van der Waals surface area contributed by atoms with E-state index in [4.69, 9.17) is 4.42 Å². The molecule has 1 aromatic heterocycles. The van der Waals surface area contributed by atoms with Crippen LogP contribution in [-0.2, 0) is 0 Å². The first-order valence-corrected chi connectivity index (χ1v) is 7.95. The average molecular weight is 387 g/mol. The molecule has 19 heavy (non-hydrogen) atoms. The van der Waals surface area contributed by atoms with Crippen molar-refractivity contribution in [2.45, 2.75) is 26.3 Å². The molecule has 0 amide bonds. The summed E-state index contributed by atoms with van der Waals surface area (Å²) >= 11 is 7.12. The number of hydrogen-bond acceptors (Lipinski definition) is 2. The molecule has 1 atom stereocenters. The highest BCUT2D eigenvalue weighted by atomic mass is 79.9. The smallest absolute Gasteiger partial charge is 0.125 e. The zero-order valence-corrected chi connectivity index (χ0v) is 14.2. The Morgan fingerprint density at radius 1 is 1.21 bits per heavy atom. The van der Waals surface area contributed by atoms with Gasteiger partial charge in [0.1, 0.15) is 11.5 Å². The molecular formula is C15H17Br2NO. The Morgan fingerprint density at radius 2 is 2.00 bits per heavy atom. The highest BCUT2D eigenvalue weighted by Crippen LogP contribution is 2.31. The van der Waals surface area contributed by atoms with Gasteiger partial charge in [-0.2, -0.15) is 0 Å². The Labute approximate surface area is 130 Å². The normalized spacial score (nSPS) is 12.6. The van der Waals surface area contributed by atoms with Gasteiger partial charge in [-0.05, 0) is 49.7 Å². The average Bonchev–Trinajstić information content (AvgIpc) is 2.78. The predicted molar refractivity (Wildman–Crippen MR) is 85.4 cm³/mol. The second kappa shape index (κ2) is 6.73. The van der Waals surface area contributed by atoms with Crippen molar-refractivity contribution in [3.8, 4) is 0 Å². The van der Waals surface area contributed by atoms with Crippen molar-refractivity contribution < 1.29 is 4.42 Å². The van der Waals surface area contributed by atoms with Crippen LogP contribution in [0.3, 0.4) is 0 Å². The topological polar surface area (TPSA) is 25.2 Å². The van der Waals surface area contributed by atoms with Gasteiger partial charge in [0.2, 0.25) is 0 Å². The van der Waals surface area contributed by atoms with Gasteiger partial charge in [0.25, 0.3) is 0 Å². The van der Waals surface area contributed by atoms with Crippen molar-refractivity contribution in [2.75, 3.05) is 6.54 Å². The van der Waals surface area contributed by atoms with E-state index < -0.39 is 0 Å². The summed E-state index contributed by atoms with van der Waals surface area (Å²) in [7, 11) is 0. The summed E-state index contributed by atoms with van der Waals surface area (Å²) in [6.07, 6.45) is 1.09. The standard InChI is InChI=1S/C15H17Br2NO/c1-3-8-18-15(14-7-4-10(2)19-14)12-6-5-11(16)9-13(12)17/h4-7,9,15,18H,3,8H2,1-2H3. The minimum absolute atomic E-state index is 0.0797. The summed E-state index contributed by atoms with van der Waals surface area (Å²) in [4.78, 5) is 0. The van der Waals surface area contributed by atoms with E-state index in [2.05, 4.69) is 62.3 Å². The molecule has 2 rings (SSSR count). The lowest BCUT2D eigenvalue weighted by molar-refractivity contribution is 0.430. The van der Waals surface area contributed by atoms with E-state index in [9.17, 15) is 0 Å². The van der Waals surface area contributed by atoms with Gasteiger partial charge in [0.05, 0.1) is 6.04 Å². The molecule has 0 saturated heterocycles. The van der Waals surface area contributed by atoms with E-state index in [1.54, 1.807) is 0 Å². The molecule has 0 bridgehead atoms. The number of nitrogens with one attached hydrogen (secondary N) is 1. The summed E-state index contributed by atoms with van der Waals surface area (Å²) < 4.78 is 7.92. The summed E-state index contributed by atoms with van der Waals surface area (Å²) in [6, 6.07) is 10.3. The van der Waals surface area contributed by atoms with Crippen molar-refractivity contribution in [3.05, 3.63) is 56.4 Å². The fourth-order valence-electron chi connectivity index (χ4n) is 2.00. The number of halogens is 2. The molecule has 0 aliphatic heterocycles. The van der Waals surface area contributed by atoms with Crippen LogP contribution in [0.25, 0.3) is 0 Å². The first-order valence-electron chi connectivity index (χ1n) is 6.36. The van der Waals surface area contributed by atoms with Gasteiger partial charge >= 0.3 is 0 Å². The van der Waals surface area contributed by atoms with E-state index in [1.165, 1.54) is 5.56 Å². The first kappa shape index (κ1) is 14.8. The van der Waals surface area contributed by atoms with Crippen molar-refractivity contribution in [1.82, 2.24) is 5.32 Å². The lowest BCUT2D eigenvalue weighted by atomic mass is 10.0. The zero-order chi connectivity index (χ0) is 13.8. The van der Waals surface area contributed by atoms with Gasteiger partial charge in [0.15, 0.2) is 0 Å². The van der Waals surface area contributed by atoms with Crippen LogP contribution in [-0.4, -0.2) is 6.54 Å². The van der Waals surface area contributed by atoms with E-state index in [-0.39, 0.29) is 6.04 Å². The van der Waals surface area contributed by atoms with E-state index in [1.807, 2.05) is 19.1 Å². The Bertz CT molecular complexity index is 551. The van der Waals surface area contributed by atoms with Crippen LogP contribution in [0.2, 0.25) is 0 Å². The van der Waals surface area contributed by atoms with Crippen LogP contribution < -0.4 is 5.32 Å². The second-order valence-electron chi connectivity index (χ2n) is 4.50. The van der Waals surface area contributed by atoms with Crippen LogP contribution in [0.15, 0.2) is 43.7 Å². The van der Waals surface area contributed by atoms with E-state index >= 15 is 0 Å². The molecular weight excluding hydrogens is 370 g/mol. The minimum Gasteiger partial charge on any atom is -0.464 e. The largest absolute Gasteiger partial charge is 0.464 e. The molecule has 1 aromatic carbocycles. The predicted octanol–water partition coefficient (Wildman–Crippen LogP) is 5.20. The third kappa shape index (κ3) is 3.71. The number of aryl methyl sites for hydroxylation is 1. The molecule has 0 aliphatic carbocycles. The Hall–Kier alpha value is -0.580. The van der Waals surface area contributed by atoms with E-state index in [0.29, 0.717) is 0 Å². The van der Waals surface area contributed by atoms with Crippen LogP contribution in [0.5, 0.6) is 0 Å². The van der Waals surface area contributed by atoms with Gasteiger partial charge in [-0.15, -0.1) is 0 Å². The van der Waals surface area contributed by atoms with Crippen LogP contribution in [0.4, 0.5) is 0 Å². The lowest BCUT2D eigenvalue weighted by Crippen LogP contribution is -2.23. The highest BCUT2D eigenvalue weighted by molar-refractivity contribution is 9.11. The molecule has 102 valence electrons. The maximum Gasteiger partial charge on any atom is 0.125 e. The highest BCUT2D eigenvalue weighted by Gasteiger charge is 2.19. The number of benzene rings is 1. The third-order valence-electron chi connectivity index (χ3n) is 2.92. The van der Waals surface area contributed by atoms with Gasteiger partial charge < -0.3 is 9.73 Å². The molecule has 2 nitrogen and oxygen atoms in total. The molecule has 1 unspecified atom stereocenters. The second-order valence-corrected chi connectivity index (χ2v) is 6.27. The quantitative estimate of drug-likeness (QED) is 0.763. The monoisotopic (exact) mass is 385 g/mol. The van der Waals surface area contributed by atoms with Crippen LogP contribution in [0, 0.1) is 6.92 Å². The van der Waals surface area contributed by atoms with Gasteiger partial charge in [0, 0.05) is 8.95 Å². The summed E-state index contributed by atoms with van der Waals surface area (Å²) in [5, 5.41) is 3.54. The summed E-state index contributed by atoms with van der Waals surface area (Å²) in [5.41, 5.74) is 1.19. The van der Waals surface area contributed by atoms with Crippen LogP contribution in [0.1, 0.15) is 36.5 Å². The fraction of sp³-hybridized carbons (Fsp3) is 0.333. The van der Waals surface area contributed by atoms with Crippen molar-refractivity contribution >= 4 is 31.9 Å². The van der Waals surface area contributed by atoms with Crippen molar-refractivity contribution in [1.29, 1.82) is 0 Å². The SMILES string of the molecule is CCCNC(c1ccc(C)o1)c1ccc(Br)cc1Br. The Morgan fingerprint density at radius 3 is 2.58 bits per heavy atom. The number of rotatable bonds is 5. The maximum atomic E-state index is 5.79. The Balaban J connectivity index is 2.36. The molecule has 4 heteroatoms. The molecule has 0 radical (unpaired) electrons. The molecule has 0 fully saturated rings. The van der Waals surface area contributed by atoms with Crippen molar-refractivity contribution in [2.24, 2.45) is 0 Å². The fourth-order valence-corrected chi connectivity index (χ4v) is 3.27. The summed E-state index contributed by atoms with van der Waals surface area (Å²) in [5.74, 6) is 1.89. The number of furan rings is 1. The van der Waals surface area contributed by atoms with Crippen LogP contribution >= 0.6 is 31.9 Å². The molecule has 0 saturated carbocycles. The molecule has 0 aliphatic rings. The van der Waals surface area contributed by atoms with Crippen molar-refractivity contribution in [3.63, 3.8) is 0 Å². The first-order chi connectivity index (χ1) is 9.11. The Kier molecular flexibility index (Phi) is 5.25. The third-order valence-corrected chi connectivity index (χ3v) is 4.10. The van der Waals surface area contributed by atoms with Gasteiger partial charge in [-0.25, -0.2) is 0 Å². The van der Waals surface area contributed by atoms with Gasteiger partial charge in [-0.1, -0.05) is 44.8 Å².